The van der Waals surface area contributed by atoms with Gasteiger partial charge < -0.3 is 5.11 Å². The number of hydrogen-bond acceptors (Lipinski definition) is 1. The molecule has 0 saturated carbocycles. The van der Waals surface area contributed by atoms with Crippen molar-refractivity contribution in [3.8, 4) is 0 Å². The van der Waals surface area contributed by atoms with Crippen LogP contribution in [0.4, 0.5) is 0 Å². The number of allylic oxidation sites excluding steroid dienone is 1. The quantitative estimate of drug-likeness (QED) is 0.492. The molecular weight excluding hydrogens is 64.0 g/mol. The minimum Gasteiger partial charge on any atom is -0.513 e. The molecule has 0 fully saturated rings. The molecule has 0 unspecified atom stereocenters. The first-order valence-corrected chi connectivity index (χ1v) is 1.62. The number of aliphatic hydroxyl groups excluding tert-OH is 1. The zero-order chi connectivity index (χ0) is 4.99. The molecule has 30 valence electrons. The predicted octanol–water partition coefficient (Wildman–Crippen LogP) is 1.47. The van der Waals surface area contributed by atoms with Crippen LogP contribution in [0.2, 0.25) is 0 Å². The Balaban J connectivity index is 2.99. The van der Waals surface area contributed by atoms with Gasteiger partial charge in [0.1, 0.15) is 0 Å². The Morgan fingerprint density at radius 1 is 2.40 bits per heavy atom. The molecule has 0 aromatic heterocycles. The van der Waals surface area contributed by atoms with Crippen LogP contribution in [0.15, 0.2) is 12.3 Å². The summed E-state index contributed by atoms with van der Waals surface area (Å²) in [5.74, 6) is 0.509. The van der Waals surface area contributed by atoms with E-state index in [0.29, 0.717) is 5.76 Å². The van der Waals surface area contributed by atoms with Gasteiger partial charge in [-0.15, -0.1) is 0 Å². The zero-order valence-electron chi connectivity index (χ0n) is 4.32. The summed E-state index contributed by atoms with van der Waals surface area (Å²) in [5, 5.41) is 3.95. The molecule has 0 saturated heterocycles. The summed E-state index contributed by atoms with van der Waals surface area (Å²) < 4.78 is 6.21. The lowest BCUT2D eigenvalue weighted by Gasteiger charge is -1.80. The summed E-state index contributed by atoms with van der Waals surface area (Å²) in [6.07, 6.45) is 0.726. The first kappa shape index (κ1) is 2.76. The van der Waals surface area contributed by atoms with Crippen molar-refractivity contribution in [3.63, 3.8) is 0 Å². The fourth-order valence-electron chi connectivity index (χ4n) is 0. The number of rotatable bonds is 2. The molecule has 0 heterocycles. The topological polar surface area (TPSA) is 20.2 Å². The minimum absolute atomic E-state index is 0.509. The summed E-state index contributed by atoms with van der Waals surface area (Å²) in [7, 11) is 0. The van der Waals surface area contributed by atoms with Gasteiger partial charge in [-0.2, -0.15) is 0 Å². The van der Waals surface area contributed by atoms with Gasteiger partial charge in [0, 0.05) is 6.42 Å². The van der Waals surface area contributed by atoms with Gasteiger partial charge >= 0.3 is 0 Å². The highest BCUT2D eigenvalue weighted by atomic mass is 16.3. The van der Waals surface area contributed by atoms with Crippen LogP contribution in [0.3, 0.4) is 0 Å². The van der Waals surface area contributed by atoms with E-state index in [1.165, 1.54) is 0 Å². The second-order valence-electron chi connectivity index (χ2n) is 0.892. The lowest BCUT2D eigenvalue weighted by Crippen LogP contribution is -1.66. The van der Waals surface area contributed by atoms with Gasteiger partial charge in [-0.05, 0) is 0 Å². The van der Waals surface area contributed by atoms with E-state index in [0.717, 1.165) is 6.42 Å². The van der Waals surface area contributed by atoms with E-state index >= 15 is 0 Å². The van der Waals surface area contributed by atoms with Gasteiger partial charge in [0.05, 0.1) is 5.76 Å². The molecule has 0 radical (unpaired) electrons. The second kappa shape index (κ2) is 1.82. The maximum absolute atomic E-state index is 6.21. The normalized spacial score (nSPS) is 9.40. The average molecular weight is 74.1 g/mol. The lowest BCUT2D eigenvalue weighted by atomic mass is 10.4. The Bertz CT molecular complexity index is 45.5. The number of hydrogen-bond donors (Lipinski definition) is 1. The van der Waals surface area contributed by atoms with E-state index in [2.05, 4.69) is 11.7 Å². The van der Waals surface area contributed by atoms with Crippen LogP contribution >= 0.6 is 0 Å². The van der Waals surface area contributed by atoms with E-state index in [1.54, 1.807) is 0 Å². The van der Waals surface area contributed by atoms with Crippen LogP contribution in [0.25, 0.3) is 1.43 Å². The third kappa shape index (κ3) is 3.54. The van der Waals surface area contributed by atoms with E-state index in [9.17, 15) is 0 Å². The maximum atomic E-state index is 6.21. The SMILES string of the molecule is [3H]OC(=C)CC. The van der Waals surface area contributed by atoms with Crippen LogP contribution in [-0.2, 0) is 0 Å². The molecule has 0 bridgehead atoms. The van der Waals surface area contributed by atoms with E-state index in [4.69, 9.17) is 1.43 Å². The van der Waals surface area contributed by atoms with Crippen LogP contribution in [0.5, 0.6) is 0 Å². The Kier molecular flexibility index (Phi) is 1.01. The molecule has 0 spiro atoms. The largest absolute Gasteiger partial charge is 0.513 e. The van der Waals surface area contributed by atoms with Gasteiger partial charge in [0.2, 0.25) is 0 Å². The third-order valence-electron chi connectivity index (χ3n) is 0.394. The molecular formula is C4H8O. The Morgan fingerprint density at radius 2 is 3.00 bits per heavy atom. The van der Waals surface area contributed by atoms with Crippen LogP contribution in [-0.4, -0.2) is 5.11 Å². The van der Waals surface area contributed by atoms with Gasteiger partial charge in [-0.1, -0.05) is 13.5 Å². The average Bonchev–Trinajstić information content (AvgIpc) is 1.65. The van der Waals surface area contributed by atoms with Crippen molar-refractivity contribution in [3.05, 3.63) is 12.3 Å². The Hall–Kier alpha value is -0.460. The molecule has 1 heteroatoms. The molecule has 0 aliphatic rings. The van der Waals surface area contributed by atoms with Crippen LogP contribution in [0, 0.1) is 0 Å². The van der Waals surface area contributed by atoms with E-state index < -0.39 is 0 Å². The van der Waals surface area contributed by atoms with Crippen molar-refractivity contribution >= 4 is 0 Å². The van der Waals surface area contributed by atoms with E-state index in [-0.39, 0.29) is 0 Å². The Labute approximate surface area is 33.4 Å². The summed E-state index contributed by atoms with van der Waals surface area (Å²) in [5.41, 5.74) is 0. The van der Waals surface area contributed by atoms with Crippen molar-refractivity contribution in [2.75, 3.05) is 0 Å². The monoisotopic (exact) mass is 74.1 g/mol. The zero-order valence-corrected chi connectivity index (χ0v) is 3.32. The first-order valence-electron chi connectivity index (χ1n) is 2.03. The van der Waals surface area contributed by atoms with Crippen molar-refractivity contribution in [1.82, 2.24) is 0 Å². The molecule has 5 heavy (non-hydrogen) atoms. The predicted molar refractivity (Wildman–Crippen MR) is 22.1 cm³/mol. The van der Waals surface area contributed by atoms with Gasteiger partial charge in [0.15, 0.2) is 0 Å². The highest BCUT2D eigenvalue weighted by molar-refractivity contribution is 4.74. The molecule has 0 rings (SSSR count). The summed E-state index contributed by atoms with van der Waals surface area (Å²) >= 11 is 0. The molecule has 0 aromatic carbocycles. The first-order chi connectivity index (χ1) is 2.81. The number of aliphatic hydroxyl groups is 1. The third-order valence-corrected chi connectivity index (χ3v) is 0.394. The van der Waals surface area contributed by atoms with Crippen molar-refractivity contribution < 1.29 is 5.11 Å². The second-order valence-corrected chi connectivity index (χ2v) is 0.892. The van der Waals surface area contributed by atoms with Crippen molar-refractivity contribution in [2.24, 2.45) is 0 Å². The summed E-state index contributed by atoms with van der Waals surface area (Å²) in [6.45, 7) is 5.27. The summed E-state index contributed by atoms with van der Waals surface area (Å²) in [6, 6.07) is 0. The van der Waals surface area contributed by atoms with Crippen molar-refractivity contribution in [2.45, 2.75) is 13.3 Å². The van der Waals surface area contributed by atoms with E-state index in [1.807, 2.05) is 6.92 Å². The Morgan fingerprint density at radius 3 is 3.00 bits per heavy atom. The highest BCUT2D eigenvalue weighted by Gasteiger charge is 1.70. The minimum atomic E-state index is 0.509. The van der Waals surface area contributed by atoms with Crippen LogP contribution in [0.1, 0.15) is 13.3 Å². The highest BCUT2D eigenvalue weighted by Crippen LogP contribution is 1.84. The fraction of sp³-hybridized carbons (Fsp3) is 0.500. The van der Waals surface area contributed by atoms with Gasteiger partial charge in [-0.25, -0.2) is 0 Å². The molecule has 1 N–H and O–H groups in total. The molecule has 0 amide bonds. The maximum Gasteiger partial charge on any atom is 0.293 e. The fourth-order valence-corrected chi connectivity index (χ4v) is 0. The summed E-state index contributed by atoms with van der Waals surface area (Å²) in [4.78, 5) is 0. The molecule has 1 nitrogen and oxygen atoms in total. The van der Waals surface area contributed by atoms with Crippen LogP contribution < -0.4 is 0 Å². The molecule has 0 aliphatic carbocycles. The lowest BCUT2D eigenvalue weighted by molar-refractivity contribution is 0.397. The van der Waals surface area contributed by atoms with Gasteiger partial charge in [-0.3, -0.25) is 0 Å². The smallest absolute Gasteiger partial charge is 0.293 e. The standard InChI is InChI=1S/C4H8O/c1-3-4(2)5/h5H,2-3H2,1H3/i/hT. The molecule has 0 aromatic rings. The molecule has 0 atom stereocenters. The molecule has 0 aliphatic heterocycles. The van der Waals surface area contributed by atoms with Crippen molar-refractivity contribution in [1.29, 1.82) is 1.43 Å². The van der Waals surface area contributed by atoms with Gasteiger partial charge in [0.25, 0.3) is 1.43 Å².